The third-order valence-corrected chi connectivity index (χ3v) is 6.26. The number of thiophene rings is 1. The van der Waals surface area contributed by atoms with E-state index in [1.54, 1.807) is 10.9 Å². The Balaban J connectivity index is 1.29. The topological polar surface area (TPSA) is 57.5 Å². The van der Waals surface area contributed by atoms with Gasteiger partial charge in [0.2, 0.25) is 0 Å². The van der Waals surface area contributed by atoms with E-state index in [9.17, 15) is 4.79 Å². The van der Waals surface area contributed by atoms with E-state index in [0.29, 0.717) is 12.2 Å². The van der Waals surface area contributed by atoms with E-state index in [1.807, 2.05) is 16.2 Å². The zero-order valence-corrected chi connectivity index (χ0v) is 17.2. The molecule has 1 aromatic carbocycles. The molecule has 1 aliphatic rings. The molecule has 0 bridgehead atoms. The second kappa shape index (κ2) is 8.38. The lowest BCUT2D eigenvalue weighted by atomic mass is 10.2. The molecule has 0 saturated carbocycles. The number of carbonyl (C=O) groups excluding carboxylic acids is 1. The van der Waals surface area contributed by atoms with Gasteiger partial charge in [0.05, 0.1) is 12.7 Å². The molecule has 0 spiro atoms. The standard InChI is InChI=1S/C20H26N6OS/c1-23-7-10-25(11-8-23)20(27)18-15-26(22-21-18)12-9-24(2)14-17-13-16-5-3-4-6-19(16)28-17/h3-6,13,15H,7-12,14H2,1-2H3. The third-order valence-electron chi connectivity index (χ3n) is 5.16. The molecule has 0 aliphatic carbocycles. The Hall–Kier alpha value is -2.29. The SMILES string of the molecule is CN1CCN(C(=O)c2cn(CCN(C)Cc3cc4ccccc4s3)nn2)CC1. The number of rotatable bonds is 6. The monoisotopic (exact) mass is 398 g/mol. The van der Waals surface area contributed by atoms with Gasteiger partial charge in [-0.2, -0.15) is 0 Å². The Labute approximate surface area is 169 Å². The van der Waals surface area contributed by atoms with Gasteiger partial charge in [-0.25, -0.2) is 0 Å². The molecule has 1 amide bonds. The largest absolute Gasteiger partial charge is 0.335 e. The van der Waals surface area contributed by atoms with Crippen molar-refractivity contribution in [1.29, 1.82) is 0 Å². The summed E-state index contributed by atoms with van der Waals surface area (Å²) in [5.74, 6) is -0.0158. The number of likely N-dealkylation sites (N-methyl/N-ethyl adjacent to an activating group) is 2. The first kappa shape index (κ1) is 19.0. The maximum absolute atomic E-state index is 12.6. The molecule has 148 valence electrons. The molecule has 7 nitrogen and oxygen atoms in total. The van der Waals surface area contributed by atoms with E-state index in [1.165, 1.54) is 15.0 Å². The van der Waals surface area contributed by atoms with Gasteiger partial charge in [-0.1, -0.05) is 23.4 Å². The summed E-state index contributed by atoms with van der Waals surface area (Å²) in [6.07, 6.45) is 1.77. The molecule has 8 heteroatoms. The fourth-order valence-corrected chi connectivity index (χ4v) is 4.55. The van der Waals surface area contributed by atoms with Gasteiger partial charge in [-0.15, -0.1) is 16.4 Å². The Morgan fingerprint density at radius 1 is 1.21 bits per heavy atom. The number of hydrogen-bond donors (Lipinski definition) is 0. The van der Waals surface area contributed by atoms with Crippen molar-refractivity contribution in [3.8, 4) is 0 Å². The first-order valence-electron chi connectivity index (χ1n) is 9.62. The molecule has 0 atom stereocenters. The van der Waals surface area contributed by atoms with Gasteiger partial charge in [-0.3, -0.25) is 14.4 Å². The van der Waals surface area contributed by atoms with Crippen molar-refractivity contribution < 1.29 is 4.79 Å². The molecule has 1 aliphatic heterocycles. The first-order chi connectivity index (χ1) is 13.6. The molecular formula is C20H26N6OS. The van der Waals surface area contributed by atoms with Gasteiger partial charge < -0.3 is 9.80 Å². The van der Waals surface area contributed by atoms with Crippen molar-refractivity contribution >= 4 is 27.3 Å². The summed E-state index contributed by atoms with van der Waals surface area (Å²) in [5.41, 5.74) is 0.441. The van der Waals surface area contributed by atoms with Crippen molar-refractivity contribution in [3.05, 3.63) is 47.1 Å². The van der Waals surface area contributed by atoms with Gasteiger partial charge in [0.1, 0.15) is 0 Å². The number of aromatic nitrogens is 3. The number of benzene rings is 1. The number of piperazine rings is 1. The van der Waals surface area contributed by atoms with Crippen molar-refractivity contribution in [1.82, 2.24) is 29.7 Å². The zero-order valence-electron chi connectivity index (χ0n) is 16.4. The van der Waals surface area contributed by atoms with Crippen molar-refractivity contribution in [2.75, 3.05) is 46.8 Å². The number of nitrogens with zero attached hydrogens (tertiary/aromatic N) is 6. The van der Waals surface area contributed by atoms with Crippen LogP contribution in [0.5, 0.6) is 0 Å². The van der Waals surface area contributed by atoms with E-state index in [2.05, 4.69) is 64.5 Å². The smallest absolute Gasteiger partial charge is 0.276 e. The van der Waals surface area contributed by atoms with Crippen LogP contribution >= 0.6 is 11.3 Å². The van der Waals surface area contributed by atoms with Crippen LogP contribution in [0.25, 0.3) is 10.1 Å². The van der Waals surface area contributed by atoms with Gasteiger partial charge in [-0.05, 0) is 31.6 Å². The number of fused-ring (bicyclic) bond motifs is 1. The molecule has 2 aromatic heterocycles. The Kier molecular flexibility index (Phi) is 5.70. The lowest BCUT2D eigenvalue weighted by Crippen LogP contribution is -2.47. The van der Waals surface area contributed by atoms with Gasteiger partial charge >= 0.3 is 0 Å². The summed E-state index contributed by atoms with van der Waals surface area (Å²) >= 11 is 1.84. The quantitative estimate of drug-likeness (QED) is 0.636. The second-order valence-corrected chi connectivity index (χ2v) is 8.62. The molecule has 0 radical (unpaired) electrons. The molecule has 3 aromatic rings. The highest BCUT2D eigenvalue weighted by molar-refractivity contribution is 7.19. The summed E-state index contributed by atoms with van der Waals surface area (Å²) in [5, 5.41) is 9.54. The minimum atomic E-state index is -0.0158. The molecule has 4 rings (SSSR count). The predicted octanol–water partition coefficient (Wildman–Crippen LogP) is 2.01. The van der Waals surface area contributed by atoms with Crippen molar-refractivity contribution in [3.63, 3.8) is 0 Å². The molecule has 1 fully saturated rings. The first-order valence-corrected chi connectivity index (χ1v) is 10.4. The van der Waals surface area contributed by atoms with Crippen LogP contribution in [-0.2, 0) is 13.1 Å². The van der Waals surface area contributed by atoms with E-state index >= 15 is 0 Å². The fraction of sp³-hybridized carbons (Fsp3) is 0.450. The maximum atomic E-state index is 12.6. The average molecular weight is 399 g/mol. The predicted molar refractivity (Wildman–Crippen MR) is 112 cm³/mol. The lowest BCUT2D eigenvalue weighted by molar-refractivity contribution is 0.0658. The van der Waals surface area contributed by atoms with Crippen molar-refractivity contribution in [2.45, 2.75) is 13.1 Å². The number of amides is 1. The zero-order chi connectivity index (χ0) is 19.5. The molecule has 1 saturated heterocycles. The highest BCUT2D eigenvalue weighted by Gasteiger charge is 2.22. The van der Waals surface area contributed by atoms with Crippen LogP contribution in [0.4, 0.5) is 0 Å². The second-order valence-electron chi connectivity index (χ2n) is 7.45. The van der Waals surface area contributed by atoms with E-state index < -0.39 is 0 Å². The highest BCUT2D eigenvalue weighted by atomic mass is 32.1. The van der Waals surface area contributed by atoms with Crippen LogP contribution in [-0.4, -0.2) is 82.4 Å². The number of hydrogen-bond acceptors (Lipinski definition) is 6. The summed E-state index contributed by atoms with van der Waals surface area (Å²) in [6.45, 7) is 5.77. The van der Waals surface area contributed by atoms with Gasteiger partial charge in [0.25, 0.3) is 5.91 Å². The van der Waals surface area contributed by atoms with E-state index in [-0.39, 0.29) is 5.91 Å². The summed E-state index contributed by atoms with van der Waals surface area (Å²) in [6, 6.07) is 10.7. The minimum Gasteiger partial charge on any atom is -0.335 e. The summed E-state index contributed by atoms with van der Waals surface area (Å²) < 4.78 is 3.10. The fourth-order valence-electron chi connectivity index (χ4n) is 3.41. The van der Waals surface area contributed by atoms with Crippen LogP contribution in [0.3, 0.4) is 0 Å². The minimum absolute atomic E-state index is 0.0158. The normalized spacial score (nSPS) is 15.6. The Bertz CT molecular complexity index is 910. The summed E-state index contributed by atoms with van der Waals surface area (Å²) in [7, 11) is 4.19. The molecule has 28 heavy (non-hydrogen) atoms. The van der Waals surface area contributed by atoms with Crippen LogP contribution in [0.15, 0.2) is 36.5 Å². The summed E-state index contributed by atoms with van der Waals surface area (Å²) in [4.78, 5) is 20.3. The molecular weight excluding hydrogens is 372 g/mol. The van der Waals surface area contributed by atoms with Crippen LogP contribution in [0.1, 0.15) is 15.4 Å². The molecule has 0 unspecified atom stereocenters. The Morgan fingerprint density at radius 2 is 2.00 bits per heavy atom. The molecule has 0 N–H and O–H groups in total. The van der Waals surface area contributed by atoms with Crippen LogP contribution < -0.4 is 0 Å². The van der Waals surface area contributed by atoms with Crippen LogP contribution in [0.2, 0.25) is 0 Å². The lowest BCUT2D eigenvalue weighted by Gasteiger charge is -2.31. The number of carbonyl (C=O) groups is 1. The molecule has 3 heterocycles. The van der Waals surface area contributed by atoms with Crippen molar-refractivity contribution in [2.24, 2.45) is 0 Å². The Morgan fingerprint density at radius 3 is 2.79 bits per heavy atom. The highest BCUT2D eigenvalue weighted by Crippen LogP contribution is 2.25. The third kappa shape index (κ3) is 4.40. The average Bonchev–Trinajstić information content (AvgIpc) is 3.33. The van der Waals surface area contributed by atoms with Gasteiger partial charge in [0, 0.05) is 48.8 Å². The van der Waals surface area contributed by atoms with E-state index in [4.69, 9.17) is 0 Å². The maximum Gasteiger partial charge on any atom is 0.276 e. The van der Waals surface area contributed by atoms with Crippen LogP contribution in [0, 0.1) is 0 Å². The van der Waals surface area contributed by atoms with E-state index in [0.717, 1.165) is 39.3 Å². The van der Waals surface area contributed by atoms with Gasteiger partial charge in [0.15, 0.2) is 5.69 Å².